The van der Waals surface area contributed by atoms with Crippen LogP contribution < -0.4 is 5.32 Å². The second-order valence-electron chi connectivity index (χ2n) is 11.6. The average molecular weight is 583 g/mol. The molecule has 0 aliphatic heterocycles. The molecule has 3 aromatic heterocycles. The Morgan fingerprint density at radius 3 is 2.63 bits per heavy atom. The van der Waals surface area contributed by atoms with Gasteiger partial charge >= 0.3 is 6.18 Å². The number of benzene rings is 2. The van der Waals surface area contributed by atoms with Crippen LogP contribution in [0, 0.1) is 0 Å². The number of nitrogens with zero attached hydrogens (tertiary/aromatic N) is 5. The Bertz CT molecular complexity index is 1840. The maximum Gasteiger partial charge on any atom is 0.416 e. The van der Waals surface area contributed by atoms with Crippen LogP contribution in [-0.4, -0.2) is 30.5 Å². The van der Waals surface area contributed by atoms with Gasteiger partial charge in [-0.25, -0.2) is 9.97 Å². The highest BCUT2D eigenvalue weighted by Crippen LogP contribution is 2.45. The summed E-state index contributed by atoms with van der Waals surface area (Å²) in [5.74, 6) is 0.332. The number of aromatic nitrogens is 5. The smallest absolute Gasteiger partial charge is 0.321 e. The summed E-state index contributed by atoms with van der Waals surface area (Å²) in [5.41, 5.74) is 4.78. The van der Waals surface area contributed by atoms with Gasteiger partial charge in [0.25, 0.3) is 0 Å². The van der Waals surface area contributed by atoms with E-state index in [9.17, 15) is 18.0 Å². The Hall–Kier alpha value is -4.60. The number of anilines is 2. The van der Waals surface area contributed by atoms with Gasteiger partial charge in [0.2, 0.25) is 5.95 Å². The predicted molar refractivity (Wildman–Crippen MR) is 157 cm³/mol. The lowest BCUT2D eigenvalue weighted by atomic mass is 9.90. The summed E-state index contributed by atoms with van der Waals surface area (Å²) in [5, 5.41) is 8.51. The lowest BCUT2D eigenvalue weighted by Gasteiger charge is -2.15. The highest BCUT2D eigenvalue weighted by Gasteiger charge is 2.32. The first kappa shape index (κ1) is 27.2. The molecule has 0 spiro atoms. The third-order valence-corrected chi connectivity index (χ3v) is 8.17. The summed E-state index contributed by atoms with van der Waals surface area (Å²) >= 11 is 0. The van der Waals surface area contributed by atoms with Crippen molar-refractivity contribution < 1.29 is 18.0 Å². The van der Waals surface area contributed by atoms with E-state index in [4.69, 9.17) is 0 Å². The van der Waals surface area contributed by atoms with Gasteiger partial charge in [-0.3, -0.25) is 14.5 Å². The van der Waals surface area contributed by atoms with Crippen molar-refractivity contribution in [3.8, 4) is 11.1 Å². The number of alkyl halides is 3. The summed E-state index contributed by atoms with van der Waals surface area (Å²) in [6.45, 7) is 1.73. The predicted octanol–water partition coefficient (Wildman–Crippen LogP) is 8.24. The Morgan fingerprint density at radius 2 is 1.86 bits per heavy atom. The van der Waals surface area contributed by atoms with E-state index >= 15 is 0 Å². The number of carbonyl (C=O) groups excluding carboxylic acids is 1. The Kier molecular flexibility index (Phi) is 6.71. The number of nitrogens with one attached hydrogen (secondary N) is 1. The molecule has 0 radical (unpaired) electrons. The molecule has 2 fully saturated rings. The van der Waals surface area contributed by atoms with Gasteiger partial charge in [0, 0.05) is 47.6 Å². The number of rotatable bonds is 9. The first-order chi connectivity index (χ1) is 20.7. The monoisotopic (exact) mass is 582 g/mol. The van der Waals surface area contributed by atoms with Crippen LogP contribution >= 0.6 is 0 Å². The molecule has 5 aromatic rings. The number of pyridine rings is 1. The van der Waals surface area contributed by atoms with Crippen LogP contribution in [0.3, 0.4) is 0 Å². The fourth-order valence-electron chi connectivity index (χ4n) is 5.46. The van der Waals surface area contributed by atoms with Crippen molar-refractivity contribution in [3.05, 3.63) is 95.7 Å². The fourth-order valence-corrected chi connectivity index (χ4v) is 5.46. The number of hydrogen-bond donors (Lipinski definition) is 1. The zero-order valence-electron chi connectivity index (χ0n) is 23.5. The van der Waals surface area contributed by atoms with Crippen molar-refractivity contribution in [1.29, 1.82) is 0 Å². The van der Waals surface area contributed by atoms with Gasteiger partial charge in [-0.15, -0.1) is 0 Å². The Balaban J connectivity index is 1.13. The number of ketones is 1. The van der Waals surface area contributed by atoms with E-state index in [-0.39, 0.29) is 17.9 Å². The van der Waals surface area contributed by atoms with Crippen LogP contribution in [0.25, 0.3) is 22.0 Å². The van der Waals surface area contributed by atoms with Crippen molar-refractivity contribution in [1.82, 2.24) is 24.7 Å². The van der Waals surface area contributed by atoms with Crippen LogP contribution in [-0.2, 0) is 6.18 Å². The molecular formula is C33H29F3N6O. The number of Topliss-reactive ketones (excluding diaryl/α,β-unsaturated/α-hetero) is 1. The molecule has 43 heavy (non-hydrogen) atoms. The third-order valence-electron chi connectivity index (χ3n) is 8.17. The van der Waals surface area contributed by atoms with Crippen LogP contribution in [0.4, 0.5) is 24.8 Å². The van der Waals surface area contributed by atoms with Gasteiger partial charge in [0.05, 0.1) is 29.0 Å². The topological polar surface area (TPSA) is 85.6 Å². The van der Waals surface area contributed by atoms with Crippen molar-refractivity contribution >= 4 is 28.3 Å². The molecule has 2 aromatic carbocycles. The van der Waals surface area contributed by atoms with Crippen LogP contribution in [0.5, 0.6) is 0 Å². The van der Waals surface area contributed by atoms with Crippen LogP contribution in [0.1, 0.15) is 84.1 Å². The van der Waals surface area contributed by atoms with Gasteiger partial charge in [0.1, 0.15) is 0 Å². The minimum Gasteiger partial charge on any atom is -0.321 e. The zero-order valence-corrected chi connectivity index (χ0v) is 23.5. The maximum atomic E-state index is 13.3. The summed E-state index contributed by atoms with van der Waals surface area (Å²) in [6.07, 6.45) is 6.79. The second kappa shape index (κ2) is 10.6. The highest BCUT2D eigenvalue weighted by molar-refractivity contribution is 5.98. The average Bonchev–Trinajstić information content (AvgIpc) is 3.95. The molecular weight excluding hydrogens is 553 g/mol. The lowest BCUT2D eigenvalue weighted by Crippen LogP contribution is -2.10. The Morgan fingerprint density at radius 1 is 1.02 bits per heavy atom. The van der Waals surface area contributed by atoms with Crippen molar-refractivity contribution in [2.45, 2.75) is 63.1 Å². The number of halogens is 3. The minimum absolute atomic E-state index is 0.0530. The molecule has 7 nitrogen and oxygen atoms in total. The van der Waals surface area contributed by atoms with E-state index in [0.717, 1.165) is 71.7 Å². The molecule has 2 aliphatic carbocycles. The van der Waals surface area contributed by atoms with E-state index in [1.54, 1.807) is 19.3 Å². The molecule has 2 saturated carbocycles. The summed E-state index contributed by atoms with van der Waals surface area (Å²) in [4.78, 5) is 26.7. The molecule has 1 N–H and O–H groups in total. The van der Waals surface area contributed by atoms with Gasteiger partial charge in [-0.2, -0.15) is 18.3 Å². The number of hydrogen-bond acceptors (Lipinski definition) is 6. The van der Waals surface area contributed by atoms with Crippen LogP contribution in [0.15, 0.2) is 73.3 Å². The van der Waals surface area contributed by atoms with Gasteiger partial charge < -0.3 is 5.32 Å². The molecule has 3 heterocycles. The second-order valence-corrected chi connectivity index (χ2v) is 11.6. The molecule has 1 atom stereocenters. The summed E-state index contributed by atoms with van der Waals surface area (Å²) < 4.78 is 41.6. The highest BCUT2D eigenvalue weighted by atomic mass is 19.4. The van der Waals surface area contributed by atoms with E-state index in [1.807, 2.05) is 47.3 Å². The van der Waals surface area contributed by atoms with Gasteiger partial charge in [-0.1, -0.05) is 25.1 Å². The molecule has 0 amide bonds. The number of fused-ring (bicyclic) bond motifs is 1. The standard InChI is InChI=1S/C33H29F3N6O/c1-19(30-15-24(10-11-37-30)33(34,35)36)12-31(43)22-4-8-27(20-2-3-20)28(14-22)21-5-9-29-23(13-21)16-38-32(41-29)40-25-17-39-42(18-25)26-6-7-26/h4-5,8-11,13-20,26H,2-3,6-7,12H2,1H3,(H,38,40,41). The summed E-state index contributed by atoms with van der Waals surface area (Å²) in [7, 11) is 0. The normalized spacial score (nSPS) is 15.9. The van der Waals surface area contributed by atoms with Crippen molar-refractivity contribution in [3.63, 3.8) is 0 Å². The summed E-state index contributed by atoms with van der Waals surface area (Å²) in [6, 6.07) is 14.2. The fraction of sp³-hybridized carbons (Fsp3) is 0.303. The molecule has 0 saturated heterocycles. The largest absolute Gasteiger partial charge is 0.416 e. The van der Waals surface area contributed by atoms with Crippen molar-refractivity contribution in [2.75, 3.05) is 5.32 Å². The van der Waals surface area contributed by atoms with E-state index in [2.05, 4.69) is 25.4 Å². The SMILES string of the molecule is CC(CC(=O)c1ccc(C2CC2)c(-c2ccc3nc(Nc4cnn(C5CC5)c4)ncc3c2)c1)c1cc(C(F)(F)F)ccn1. The van der Waals surface area contributed by atoms with Crippen molar-refractivity contribution in [2.24, 2.45) is 0 Å². The van der Waals surface area contributed by atoms with Crippen LogP contribution in [0.2, 0.25) is 0 Å². The number of carbonyl (C=O) groups is 1. The van der Waals surface area contributed by atoms with Gasteiger partial charge in [0.15, 0.2) is 5.78 Å². The molecule has 2 aliphatic rings. The molecule has 10 heteroatoms. The first-order valence-corrected chi connectivity index (χ1v) is 14.5. The zero-order chi connectivity index (χ0) is 29.7. The molecule has 218 valence electrons. The third kappa shape index (κ3) is 5.86. The Labute approximate surface area is 246 Å². The van der Waals surface area contributed by atoms with Gasteiger partial charge in [-0.05, 0) is 78.6 Å². The van der Waals surface area contributed by atoms with E-state index in [0.29, 0.717) is 23.5 Å². The van der Waals surface area contributed by atoms with E-state index < -0.39 is 17.7 Å². The molecule has 7 rings (SSSR count). The molecule has 0 bridgehead atoms. The lowest BCUT2D eigenvalue weighted by molar-refractivity contribution is -0.137. The first-order valence-electron chi connectivity index (χ1n) is 14.5. The minimum atomic E-state index is -4.46. The maximum absolute atomic E-state index is 13.3. The van der Waals surface area contributed by atoms with E-state index in [1.165, 1.54) is 5.56 Å². The molecule has 1 unspecified atom stereocenters. The quantitative estimate of drug-likeness (QED) is 0.176.